The second-order valence-electron chi connectivity index (χ2n) is 3.50. The number of halogens is 1. The van der Waals surface area contributed by atoms with Gasteiger partial charge in [0, 0.05) is 3.92 Å². The summed E-state index contributed by atoms with van der Waals surface area (Å²) >= 11 is -2.00. The smallest absolute Gasteiger partial charge is 0.339 e. The van der Waals surface area contributed by atoms with Gasteiger partial charge < -0.3 is 9.29 Å². The molecule has 2 rings (SSSR count). The lowest BCUT2D eigenvalue weighted by atomic mass is 10.0. The largest absolute Gasteiger partial charge is 0.465 e. The van der Waals surface area contributed by atoms with Gasteiger partial charge in [-0.2, -0.15) is 0 Å². The third-order valence-corrected chi connectivity index (χ3v) is 5.30. The molecule has 1 aliphatic rings. The Morgan fingerprint density at radius 3 is 2.82 bits per heavy atom. The van der Waals surface area contributed by atoms with Gasteiger partial charge in [0.15, 0.2) is 11.1 Å². The highest BCUT2D eigenvalue weighted by molar-refractivity contribution is 14.2. The summed E-state index contributed by atoms with van der Waals surface area (Å²) in [5.74, 6) is -0.545. The van der Waals surface area contributed by atoms with Crippen LogP contribution in [0.4, 0.5) is 0 Å². The number of esters is 1. The second kappa shape index (κ2) is 5.36. The molecule has 0 fully saturated rings. The van der Waals surface area contributed by atoms with E-state index < -0.39 is 17.0 Å². The van der Waals surface area contributed by atoms with Crippen molar-refractivity contribution in [3.63, 3.8) is 0 Å². The van der Waals surface area contributed by atoms with Gasteiger partial charge >= 0.3 is 5.97 Å². The number of hydrogen-bond acceptors (Lipinski definition) is 3. The summed E-state index contributed by atoms with van der Waals surface area (Å²) in [4.78, 5) is 11.8. The number of methoxy groups -OCH3 is 1. The SMILES string of the molecule is COC(=O)c1c(CC2C=I2)cccc1S(=O)O. The molecule has 1 N–H and O–H groups in total. The maximum absolute atomic E-state index is 11.7. The number of carbonyl (C=O) groups is 1. The lowest BCUT2D eigenvalue weighted by molar-refractivity contribution is 0.0595. The van der Waals surface area contributed by atoms with E-state index in [-0.39, 0.29) is 31.2 Å². The first-order chi connectivity index (χ1) is 8.13. The van der Waals surface area contributed by atoms with E-state index in [1.165, 1.54) is 13.2 Å². The molecule has 0 radical (unpaired) electrons. The highest BCUT2D eigenvalue weighted by Crippen LogP contribution is 2.29. The molecule has 2 unspecified atom stereocenters. The third kappa shape index (κ3) is 2.99. The minimum atomic E-state index is -2.17. The predicted octanol–water partition coefficient (Wildman–Crippen LogP) is 1.75. The summed E-state index contributed by atoms with van der Waals surface area (Å²) in [6, 6.07) is 5.00. The van der Waals surface area contributed by atoms with Gasteiger partial charge in [-0.25, -0.2) is 9.00 Å². The summed E-state index contributed by atoms with van der Waals surface area (Å²) in [5, 5.41) is 0. The number of hydrogen-bond donors (Lipinski definition) is 1. The number of ether oxygens (including phenoxy) is 1. The third-order valence-electron chi connectivity index (χ3n) is 2.41. The van der Waals surface area contributed by atoms with Gasteiger partial charge in [-0.05, 0) is 22.1 Å². The molecule has 2 atom stereocenters. The fourth-order valence-electron chi connectivity index (χ4n) is 1.58. The van der Waals surface area contributed by atoms with Crippen molar-refractivity contribution in [1.29, 1.82) is 0 Å². The molecule has 1 heterocycles. The molecule has 0 aromatic heterocycles. The molecule has 0 saturated heterocycles. The van der Waals surface area contributed by atoms with Gasteiger partial charge in [0.1, 0.15) is 0 Å². The molecule has 1 aromatic rings. The van der Waals surface area contributed by atoms with E-state index in [0.717, 1.165) is 12.0 Å². The summed E-state index contributed by atoms with van der Waals surface area (Å²) in [6.45, 7) is 0. The van der Waals surface area contributed by atoms with Crippen LogP contribution in [0.2, 0.25) is 0 Å². The van der Waals surface area contributed by atoms with E-state index in [0.29, 0.717) is 3.92 Å². The molecular formula is C11H11IO4S. The molecule has 0 amide bonds. The molecule has 1 aromatic carbocycles. The summed E-state index contributed by atoms with van der Waals surface area (Å²) < 4.78 is 27.9. The van der Waals surface area contributed by atoms with Crippen LogP contribution < -0.4 is 0 Å². The van der Waals surface area contributed by atoms with Crippen LogP contribution >= 0.6 is 20.7 Å². The van der Waals surface area contributed by atoms with Crippen LogP contribution in [0, 0.1) is 0 Å². The van der Waals surface area contributed by atoms with Crippen molar-refractivity contribution in [1.82, 2.24) is 0 Å². The van der Waals surface area contributed by atoms with Crippen LogP contribution in [-0.2, 0) is 22.2 Å². The molecule has 17 heavy (non-hydrogen) atoms. The number of benzene rings is 1. The maximum atomic E-state index is 11.7. The van der Waals surface area contributed by atoms with E-state index >= 15 is 0 Å². The molecule has 92 valence electrons. The van der Waals surface area contributed by atoms with E-state index in [9.17, 15) is 13.6 Å². The Morgan fingerprint density at radius 2 is 2.29 bits per heavy atom. The van der Waals surface area contributed by atoms with Crippen LogP contribution in [0.5, 0.6) is 0 Å². The highest BCUT2D eigenvalue weighted by Gasteiger charge is 2.23. The minimum absolute atomic E-state index is 0.133. The van der Waals surface area contributed by atoms with Crippen LogP contribution in [0.15, 0.2) is 23.1 Å². The van der Waals surface area contributed by atoms with Crippen LogP contribution in [0.3, 0.4) is 0 Å². The Labute approximate surface area is 111 Å². The van der Waals surface area contributed by atoms with Crippen molar-refractivity contribution in [2.75, 3.05) is 7.11 Å². The van der Waals surface area contributed by atoms with E-state index in [1.54, 1.807) is 6.07 Å². The van der Waals surface area contributed by atoms with E-state index in [2.05, 4.69) is 8.75 Å². The molecule has 1 aliphatic heterocycles. The first-order valence-corrected chi connectivity index (χ1v) is 8.49. The summed E-state index contributed by atoms with van der Waals surface area (Å²) in [5.41, 5.74) is 1.05. The van der Waals surface area contributed by atoms with E-state index in [1.807, 2.05) is 6.07 Å². The van der Waals surface area contributed by atoms with Crippen molar-refractivity contribution >= 4 is 41.8 Å². The standard InChI is InChI=1S/C11H11IO4S/c1-16-11(13)10-7(5-8-6-12-8)3-2-4-9(10)17(14)15/h2-4,6,8H,5H2,1H3,(H,14,15). The molecular weight excluding hydrogens is 355 g/mol. The van der Waals surface area contributed by atoms with Crippen molar-refractivity contribution in [2.24, 2.45) is 0 Å². The molecule has 0 spiro atoms. The maximum Gasteiger partial charge on any atom is 0.339 e. The van der Waals surface area contributed by atoms with Gasteiger partial charge in [-0.3, -0.25) is 0 Å². The van der Waals surface area contributed by atoms with Gasteiger partial charge in [0.05, 0.1) is 17.6 Å². The fourth-order valence-corrected chi connectivity index (χ4v) is 3.44. The lowest BCUT2D eigenvalue weighted by Crippen LogP contribution is -2.12. The second-order valence-corrected chi connectivity index (χ2v) is 7.48. The fraction of sp³-hybridized carbons (Fsp3) is 0.273. The van der Waals surface area contributed by atoms with Gasteiger partial charge in [0.25, 0.3) is 0 Å². The summed E-state index contributed by atoms with van der Waals surface area (Å²) in [6.07, 6.45) is 0.767. The number of carbonyl (C=O) groups excluding carboxylic acids is 1. The van der Waals surface area contributed by atoms with Crippen LogP contribution in [0.25, 0.3) is 0 Å². The Hall–Kier alpha value is -0.600. The Balaban J connectivity index is 2.45. The van der Waals surface area contributed by atoms with Crippen LogP contribution in [0.1, 0.15) is 15.9 Å². The predicted molar refractivity (Wildman–Crippen MR) is 74.4 cm³/mol. The van der Waals surface area contributed by atoms with Crippen molar-refractivity contribution < 1.29 is 18.3 Å². The average Bonchev–Trinajstić information content (AvgIpc) is 3.11. The normalized spacial score (nSPS) is 19.3. The number of alkyl halides is 1. The molecule has 0 saturated carbocycles. The Kier molecular flexibility index (Phi) is 4.05. The quantitative estimate of drug-likeness (QED) is 0.382. The highest BCUT2D eigenvalue weighted by atomic mass is 127. The van der Waals surface area contributed by atoms with Crippen molar-refractivity contribution in [3.8, 4) is 0 Å². The zero-order valence-electron chi connectivity index (χ0n) is 9.05. The average molecular weight is 366 g/mol. The van der Waals surface area contributed by atoms with Crippen molar-refractivity contribution in [2.45, 2.75) is 15.2 Å². The Bertz CT molecular complexity index is 506. The number of rotatable bonds is 4. The summed E-state index contributed by atoms with van der Waals surface area (Å²) in [7, 11) is 1.28. The first kappa shape index (κ1) is 12.8. The zero-order chi connectivity index (χ0) is 12.4. The topological polar surface area (TPSA) is 63.6 Å². The van der Waals surface area contributed by atoms with E-state index in [4.69, 9.17) is 0 Å². The van der Waals surface area contributed by atoms with Gasteiger partial charge in [-0.1, -0.05) is 12.1 Å². The lowest BCUT2D eigenvalue weighted by Gasteiger charge is -2.10. The molecule has 6 heteroatoms. The molecule has 4 nitrogen and oxygen atoms in total. The first-order valence-electron chi connectivity index (χ1n) is 4.90. The molecule has 0 aliphatic carbocycles. The van der Waals surface area contributed by atoms with Crippen molar-refractivity contribution in [3.05, 3.63) is 29.3 Å². The van der Waals surface area contributed by atoms with Gasteiger partial charge in [0.2, 0.25) is 0 Å². The minimum Gasteiger partial charge on any atom is -0.465 e. The molecule has 0 bridgehead atoms. The monoisotopic (exact) mass is 366 g/mol. The van der Waals surface area contributed by atoms with Crippen LogP contribution in [-0.4, -0.2) is 29.8 Å². The van der Waals surface area contributed by atoms with Gasteiger partial charge in [-0.15, -0.1) is 20.7 Å². The Morgan fingerprint density at radius 1 is 1.59 bits per heavy atom. The zero-order valence-corrected chi connectivity index (χ0v) is 12.0.